The van der Waals surface area contributed by atoms with Crippen LogP contribution in [0.15, 0.2) is 35.5 Å². The molecule has 5 rings (SSSR count). The molecule has 220 valence electrons. The average Bonchev–Trinajstić information content (AvgIpc) is 3.30. The maximum atomic E-state index is 14.4. The highest BCUT2D eigenvalue weighted by Gasteiger charge is 2.29. The Kier molecular flexibility index (Phi) is 9.12. The normalized spacial score (nSPS) is 20.5. The van der Waals surface area contributed by atoms with E-state index >= 15 is 0 Å². The number of aromatic amines is 1. The summed E-state index contributed by atoms with van der Waals surface area (Å²) in [7, 11) is 0. The molecular weight excluding hydrogens is 530 g/mol. The van der Waals surface area contributed by atoms with E-state index in [-0.39, 0.29) is 35.1 Å². The number of carbonyl (C=O) groups excluding carboxylic acids is 2. The van der Waals surface area contributed by atoms with E-state index in [2.05, 4.69) is 25.2 Å². The van der Waals surface area contributed by atoms with Crippen molar-refractivity contribution in [2.24, 2.45) is 10.9 Å². The van der Waals surface area contributed by atoms with Crippen LogP contribution >= 0.6 is 0 Å². The predicted molar refractivity (Wildman–Crippen MR) is 150 cm³/mol. The third-order valence-corrected chi connectivity index (χ3v) is 7.93. The fourth-order valence-corrected chi connectivity index (χ4v) is 5.83. The first-order valence-corrected chi connectivity index (χ1v) is 14.6. The summed E-state index contributed by atoms with van der Waals surface area (Å²) >= 11 is 0. The van der Waals surface area contributed by atoms with E-state index < -0.39 is 17.5 Å². The van der Waals surface area contributed by atoms with E-state index in [0.717, 1.165) is 37.3 Å². The van der Waals surface area contributed by atoms with Gasteiger partial charge in [-0.15, -0.1) is 0 Å². The summed E-state index contributed by atoms with van der Waals surface area (Å²) in [5.74, 6) is -2.11. The smallest absolute Gasteiger partial charge is 0.283 e. The van der Waals surface area contributed by atoms with E-state index in [1.807, 2.05) is 24.5 Å². The Hall–Kier alpha value is -3.60. The highest BCUT2D eigenvalue weighted by molar-refractivity contribution is 5.95. The lowest BCUT2D eigenvalue weighted by molar-refractivity contribution is -0.126. The summed E-state index contributed by atoms with van der Waals surface area (Å²) in [6.07, 6.45) is 8.11. The fourth-order valence-electron chi connectivity index (χ4n) is 5.83. The monoisotopic (exact) mass is 568 g/mol. The van der Waals surface area contributed by atoms with E-state index in [4.69, 9.17) is 4.74 Å². The van der Waals surface area contributed by atoms with E-state index in [1.165, 1.54) is 19.3 Å². The predicted octanol–water partition coefficient (Wildman–Crippen LogP) is 4.50. The summed E-state index contributed by atoms with van der Waals surface area (Å²) < 4.78 is 35.8. The van der Waals surface area contributed by atoms with Crippen molar-refractivity contribution in [1.82, 2.24) is 24.8 Å². The average molecular weight is 569 g/mol. The maximum absolute atomic E-state index is 14.4. The van der Waals surface area contributed by atoms with Crippen molar-refractivity contribution in [2.75, 3.05) is 26.2 Å². The van der Waals surface area contributed by atoms with Crippen molar-refractivity contribution in [3.8, 4) is 5.88 Å². The van der Waals surface area contributed by atoms with Crippen LogP contribution in [-0.2, 0) is 4.79 Å². The lowest BCUT2D eigenvalue weighted by Crippen LogP contribution is -2.38. The number of nitrogens with zero attached hydrogens (tertiary/aromatic N) is 4. The van der Waals surface area contributed by atoms with Gasteiger partial charge in [-0.3, -0.25) is 14.5 Å². The van der Waals surface area contributed by atoms with Gasteiger partial charge in [-0.25, -0.2) is 13.8 Å². The van der Waals surface area contributed by atoms with Gasteiger partial charge < -0.3 is 19.6 Å². The molecule has 2 amide bonds. The molecule has 0 bridgehead atoms. The number of nitrogens with one attached hydrogen (secondary N) is 2. The number of ether oxygens (including phenoxy) is 1. The topological polar surface area (TPSA) is 105 Å². The number of fused-ring (bicyclic) bond motifs is 1. The van der Waals surface area contributed by atoms with Crippen molar-refractivity contribution in [1.29, 1.82) is 0 Å². The van der Waals surface area contributed by atoms with Crippen molar-refractivity contribution in [3.63, 3.8) is 0 Å². The molecule has 2 N–H and O–H groups in total. The number of H-pyrrole nitrogens is 1. The summed E-state index contributed by atoms with van der Waals surface area (Å²) in [5.41, 5.74) is 1.34. The number of benzene rings is 1. The van der Waals surface area contributed by atoms with Gasteiger partial charge in [0, 0.05) is 36.7 Å². The van der Waals surface area contributed by atoms with Crippen LogP contribution in [0.25, 0.3) is 11.0 Å². The zero-order valence-electron chi connectivity index (χ0n) is 23.7. The summed E-state index contributed by atoms with van der Waals surface area (Å²) in [6.45, 7) is 7.39. The fraction of sp³-hybridized carbons (Fsp3) is 0.533. The molecule has 1 aromatic carbocycles. The van der Waals surface area contributed by atoms with Crippen molar-refractivity contribution in [2.45, 2.75) is 70.9 Å². The molecule has 0 unspecified atom stereocenters. The van der Waals surface area contributed by atoms with Gasteiger partial charge in [0.05, 0.1) is 22.8 Å². The van der Waals surface area contributed by atoms with E-state index in [1.54, 1.807) is 6.20 Å². The molecule has 0 atom stereocenters. The lowest BCUT2D eigenvalue weighted by Gasteiger charge is -2.29. The Bertz CT molecular complexity index is 1450. The SMILES string of the molecule is CC(C)NC(=O)C1CCC(n2/c(=N/C(=O)c3ccc(F)cc3F)[nH]c3cnc(OCCN4CCCCC4)cc32)CC1. The number of aromatic nitrogens is 3. The zero-order valence-corrected chi connectivity index (χ0v) is 23.7. The first-order valence-electron chi connectivity index (χ1n) is 14.6. The largest absolute Gasteiger partial charge is 0.476 e. The molecule has 2 aliphatic rings. The Morgan fingerprint density at radius 1 is 1.12 bits per heavy atom. The van der Waals surface area contributed by atoms with Crippen LogP contribution < -0.4 is 15.7 Å². The van der Waals surface area contributed by atoms with E-state index in [9.17, 15) is 18.4 Å². The second-order valence-corrected chi connectivity index (χ2v) is 11.3. The van der Waals surface area contributed by atoms with Crippen LogP contribution in [0, 0.1) is 17.6 Å². The van der Waals surface area contributed by atoms with Gasteiger partial charge in [-0.1, -0.05) is 6.42 Å². The van der Waals surface area contributed by atoms with Crippen LogP contribution in [0.2, 0.25) is 0 Å². The molecule has 1 aliphatic heterocycles. The number of likely N-dealkylation sites (tertiary alicyclic amines) is 1. The summed E-state index contributed by atoms with van der Waals surface area (Å²) in [6, 6.07) is 4.65. The molecule has 0 radical (unpaired) electrons. The third-order valence-electron chi connectivity index (χ3n) is 7.93. The van der Waals surface area contributed by atoms with Gasteiger partial charge in [0.25, 0.3) is 5.91 Å². The minimum absolute atomic E-state index is 0.0555. The minimum atomic E-state index is -0.968. The van der Waals surface area contributed by atoms with Gasteiger partial charge in [-0.05, 0) is 77.6 Å². The lowest BCUT2D eigenvalue weighted by atomic mass is 9.85. The van der Waals surface area contributed by atoms with Gasteiger partial charge in [0.15, 0.2) is 0 Å². The van der Waals surface area contributed by atoms with Crippen molar-refractivity contribution in [3.05, 3.63) is 53.3 Å². The number of piperidine rings is 1. The molecule has 2 fully saturated rings. The molecule has 3 aromatic rings. The maximum Gasteiger partial charge on any atom is 0.283 e. The molecule has 9 nitrogen and oxygen atoms in total. The Labute approximate surface area is 238 Å². The molecule has 2 aromatic heterocycles. The second-order valence-electron chi connectivity index (χ2n) is 11.3. The van der Waals surface area contributed by atoms with Gasteiger partial charge in [-0.2, -0.15) is 4.99 Å². The number of hydrogen-bond acceptors (Lipinski definition) is 5. The molecule has 0 spiro atoms. The van der Waals surface area contributed by atoms with Gasteiger partial charge in [0.2, 0.25) is 17.4 Å². The van der Waals surface area contributed by atoms with Crippen molar-refractivity contribution < 1.29 is 23.1 Å². The van der Waals surface area contributed by atoms with Gasteiger partial charge in [0.1, 0.15) is 18.2 Å². The first-order chi connectivity index (χ1) is 19.8. The number of rotatable bonds is 8. The van der Waals surface area contributed by atoms with Crippen LogP contribution in [0.3, 0.4) is 0 Å². The number of halogens is 2. The second kappa shape index (κ2) is 12.9. The number of imidazole rings is 1. The molecule has 1 saturated heterocycles. The molecule has 3 heterocycles. The first kappa shape index (κ1) is 28.9. The summed E-state index contributed by atoms with van der Waals surface area (Å²) in [5, 5.41) is 3.00. The van der Waals surface area contributed by atoms with Crippen LogP contribution in [0.4, 0.5) is 8.78 Å². The Morgan fingerprint density at radius 3 is 2.59 bits per heavy atom. The molecule has 1 aliphatic carbocycles. The van der Waals surface area contributed by atoms with Gasteiger partial charge >= 0.3 is 0 Å². The Morgan fingerprint density at radius 2 is 1.88 bits per heavy atom. The quantitative estimate of drug-likeness (QED) is 0.416. The van der Waals surface area contributed by atoms with Crippen LogP contribution in [0.1, 0.15) is 75.2 Å². The third kappa shape index (κ3) is 7.01. The highest BCUT2D eigenvalue weighted by Crippen LogP contribution is 2.34. The van der Waals surface area contributed by atoms with E-state index in [0.29, 0.717) is 49.8 Å². The molecule has 1 saturated carbocycles. The number of pyridine rings is 1. The molecule has 41 heavy (non-hydrogen) atoms. The highest BCUT2D eigenvalue weighted by atomic mass is 19.1. The Balaban J connectivity index is 1.43. The number of hydrogen-bond donors (Lipinski definition) is 2. The minimum Gasteiger partial charge on any atom is -0.476 e. The molecular formula is C30H38F2N6O3. The summed E-state index contributed by atoms with van der Waals surface area (Å²) in [4.78, 5) is 39.9. The standard InChI is InChI=1S/C30H38F2N6O3/c1-19(2)34-28(39)20-6-9-22(10-7-20)38-26-17-27(41-15-14-37-12-4-3-5-13-37)33-18-25(26)35-30(38)36-29(40)23-11-8-21(31)16-24(23)32/h8,11,16-20,22H,3-7,9-10,12-15H2,1-2H3,(H,34,39)(H,35,36,40). The van der Waals surface area contributed by atoms with Crippen LogP contribution in [-0.4, -0.2) is 63.5 Å². The van der Waals surface area contributed by atoms with Crippen molar-refractivity contribution >= 4 is 22.8 Å². The molecule has 11 heteroatoms. The van der Waals surface area contributed by atoms with Crippen LogP contribution in [0.5, 0.6) is 5.88 Å². The zero-order chi connectivity index (χ0) is 28.9. The number of amides is 2. The number of carbonyl (C=O) groups is 2.